The van der Waals surface area contributed by atoms with Crippen LogP contribution >= 0.6 is 22.9 Å². The Balaban J connectivity index is 1.62. The summed E-state index contributed by atoms with van der Waals surface area (Å²) in [5, 5.41) is 14.3. The quantitative estimate of drug-likeness (QED) is 0.432. The van der Waals surface area contributed by atoms with Crippen LogP contribution in [0.25, 0.3) is 11.3 Å². The van der Waals surface area contributed by atoms with Crippen LogP contribution in [-0.4, -0.2) is 47.0 Å². The Hall–Kier alpha value is -2.85. The summed E-state index contributed by atoms with van der Waals surface area (Å²) in [6.07, 6.45) is 0. The van der Waals surface area contributed by atoms with Gasteiger partial charge in [-0.05, 0) is 6.07 Å². The van der Waals surface area contributed by atoms with Crippen molar-refractivity contribution >= 4 is 39.7 Å². The monoisotopic (exact) mass is 458 g/mol. The van der Waals surface area contributed by atoms with Gasteiger partial charge in [-0.3, -0.25) is 25.1 Å². The van der Waals surface area contributed by atoms with Crippen LogP contribution in [0.3, 0.4) is 0 Å². The molecule has 1 amide bonds. The predicted molar refractivity (Wildman–Crippen MR) is 120 cm³/mol. The third-order valence-corrected chi connectivity index (χ3v) is 6.13. The number of amides is 1. The molecule has 3 aromatic rings. The van der Waals surface area contributed by atoms with E-state index in [4.69, 9.17) is 16.3 Å². The molecule has 0 radical (unpaired) electrons. The highest BCUT2D eigenvalue weighted by molar-refractivity contribution is 7.16. The van der Waals surface area contributed by atoms with E-state index in [2.05, 4.69) is 15.2 Å². The van der Waals surface area contributed by atoms with E-state index in [-0.39, 0.29) is 16.3 Å². The number of morpholine rings is 1. The van der Waals surface area contributed by atoms with Crippen molar-refractivity contribution in [3.05, 3.63) is 74.1 Å². The molecule has 0 spiro atoms. The van der Waals surface area contributed by atoms with Gasteiger partial charge in [0.15, 0.2) is 5.13 Å². The van der Waals surface area contributed by atoms with Gasteiger partial charge in [0.2, 0.25) is 0 Å². The average molecular weight is 459 g/mol. The van der Waals surface area contributed by atoms with E-state index in [9.17, 15) is 14.9 Å². The third kappa shape index (κ3) is 5.08. The molecule has 31 heavy (non-hydrogen) atoms. The lowest BCUT2D eigenvalue weighted by atomic mass is 10.1. The number of ether oxygens (including phenoxy) is 1. The number of hydrogen-bond donors (Lipinski definition) is 1. The van der Waals surface area contributed by atoms with Crippen LogP contribution in [0, 0.1) is 10.1 Å². The zero-order valence-electron chi connectivity index (χ0n) is 16.4. The third-order valence-electron chi connectivity index (χ3n) is 4.84. The van der Waals surface area contributed by atoms with Gasteiger partial charge in [0.1, 0.15) is 0 Å². The SMILES string of the molecule is O=C(Nc1nc(-c2ccccc2)c(CN2CCOCC2)s1)c1cc([N+](=O)[O-])ccc1Cl. The Bertz CT molecular complexity index is 1100. The Labute approximate surface area is 187 Å². The first-order valence-corrected chi connectivity index (χ1v) is 10.8. The van der Waals surface area contributed by atoms with Crippen molar-refractivity contribution < 1.29 is 14.5 Å². The van der Waals surface area contributed by atoms with E-state index in [1.807, 2.05) is 30.3 Å². The number of carbonyl (C=O) groups excluding carboxylic acids is 1. The lowest BCUT2D eigenvalue weighted by Gasteiger charge is -2.26. The Morgan fingerprint density at radius 2 is 1.97 bits per heavy atom. The maximum Gasteiger partial charge on any atom is 0.270 e. The Kier molecular flexibility index (Phi) is 6.57. The summed E-state index contributed by atoms with van der Waals surface area (Å²) in [5.41, 5.74) is 1.59. The summed E-state index contributed by atoms with van der Waals surface area (Å²) in [4.78, 5) is 31.2. The molecule has 1 saturated heterocycles. The minimum atomic E-state index is -0.565. The number of nitro groups is 1. The fourth-order valence-electron chi connectivity index (χ4n) is 3.26. The number of halogens is 1. The summed E-state index contributed by atoms with van der Waals surface area (Å²) in [7, 11) is 0. The molecular weight excluding hydrogens is 440 g/mol. The number of carbonyl (C=O) groups is 1. The van der Waals surface area contributed by atoms with Crippen molar-refractivity contribution in [1.82, 2.24) is 9.88 Å². The van der Waals surface area contributed by atoms with E-state index >= 15 is 0 Å². The minimum absolute atomic E-state index is 0.0297. The van der Waals surface area contributed by atoms with E-state index < -0.39 is 10.8 Å². The summed E-state index contributed by atoms with van der Waals surface area (Å²) in [6.45, 7) is 3.73. The number of nitrogens with one attached hydrogen (secondary N) is 1. The highest BCUT2D eigenvalue weighted by Crippen LogP contribution is 2.33. The normalized spacial score (nSPS) is 14.4. The molecule has 1 fully saturated rings. The van der Waals surface area contributed by atoms with E-state index in [0.717, 1.165) is 35.3 Å². The van der Waals surface area contributed by atoms with Gasteiger partial charge in [-0.1, -0.05) is 53.3 Å². The van der Waals surface area contributed by atoms with Gasteiger partial charge in [0, 0.05) is 42.2 Å². The number of non-ortho nitro benzene ring substituents is 1. The zero-order chi connectivity index (χ0) is 21.8. The molecule has 0 atom stereocenters. The smallest absolute Gasteiger partial charge is 0.270 e. The van der Waals surface area contributed by atoms with Crippen molar-refractivity contribution in [2.45, 2.75) is 6.54 Å². The molecule has 4 rings (SSSR count). The maximum atomic E-state index is 12.8. The predicted octanol–water partition coefficient (Wildman–Crippen LogP) is 4.46. The van der Waals surface area contributed by atoms with E-state index in [1.165, 1.54) is 23.5 Å². The number of thiazole rings is 1. The molecule has 0 bridgehead atoms. The second kappa shape index (κ2) is 9.52. The van der Waals surface area contributed by atoms with Crippen LogP contribution < -0.4 is 5.32 Å². The number of nitro benzene ring substituents is 1. The van der Waals surface area contributed by atoms with Gasteiger partial charge in [0.25, 0.3) is 11.6 Å². The molecule has 1 aromatic heterocycles. The highest BCUT2D eigenvalue weighted by atomic mass is 35.5. The van der Waals surface area contributed by atoms with Gasteiger partial charge in [0.05, 0.1) is 34.4 Å². The van der Waals surface area contributed by atoms with Crippen LogP contribution in [0.2, 0.25) is 5.02 Å². The molecular formula is C21H19ClN4O4S. The first-order chi connectivity index (χ1) is 15.0. The van der Waals surface area contributed by atoms with Gasteiger partial charge < -0.3 is 4.74 Å². The fourth-order valence-corrected chi connectivity index (χ4v) is 4.49. The molecule has 2 aromatic carbocycles. The molecule has 0 unspecified atom stereocenters. The molecule has 160 valence electrons. The molecule has 1 N–H and O–H groups in total. The molecule has 2 heterocycles. The van der Waals surface area contributed by atoms with Crippen molar-refractivity contribution in [3.63, 3.8) is 0 Å². The van der Waals surface area contributed by atoms with Gasteiger partial charge in [-0.2, -0.15) is 0 Å². The number of aromatic nitrogens is 1. The molecule has 10 heteroatoms. The standard InChI is InChI=1S/C21H19ClN4O4S/c22-17-7-6-15(26(28)29)12-16(17)20(27)24-21-23-19(14-4-2-1-3-5-14)18(31-21)13-25-8-10-30-11-9-25/h1-7,12H,8-11,13H2,(H,23,24,27). The zero-order valence-corrected chi connectivity index (χ0v) is 18.0. The summed E-state index contributed by atoms with van der Waals surface area (Å²) < 4.78 is 5.43. The average Bonchev–Trinajstić information content (AvgIpc) is 3.17. The molecule has 0 aliphatic carbocycles. The molecule has 1 aliphatic heterocycles. The topological polar surface area (TPSA) is 97.6 Å². The number of benzene rings is 2. The van der Waals surface area contributed by atoms with Crippen LogP contribution in [0.15, 0.2) is 48.5 Å². The van der Waals surface area contributed by atoms with Gasteiger partial charge >= 0.3 is 0 Å². The number of hydrogen-bond acceptors (Lipinski definition) is 7. The lowest BCUT2D eigenvalue weighted by Crippen LogP contribution is -2.35. The first kappa shape index (κ1) is 21.4. The van der Waals surface area contributed by atoms with Crippen LogP contribution in [0.4, 0.5) is 10.8 Å². The summed E-state index contributed by atoms with van der Waals surface area (Å²) >= 11 is 7.49. The van der Waals surface area contributed by atoms with E-state index in [1.54, 1.807) is 0 Å². The molecule has 1 aliphatic rings. The van der Waals surface area contributed by atoms with Gasteiger partial charge in [-0.25, -0.2) is 4.98 Å². The Morgan fingerprint density at radius 3 is 2.68 bits per heavy atom. The van der Waals surface area contributed by atoms with Crippen molar-refractivity contribution in [2.75, 3.05) is 31.6 Å². The number of anilines is 1. The van der Waals surface area contributed by atoms with Crippen LogP contribution in [0.5, 0.6) is 0 Å². The van der Waals surface area contributed by atoms with Crippen LogP contribution in [0.1, 0.15) is 15.2 Å². The van der Waals surface area contributed by atoms with E-state index in [0.29, 0.717) is 24.9 Å². The van der Waals surface area contributed by atoms with Gasteiger partial charge in [-0.15, -0.1) is 0 Å². The maximum absolute atomic E-state index is 12.8. The van der Waals surface area contributed by atoms with Crippen molar-refractivity contribution in [1.29, 1.82) is 0 Å². The fraction of sp³-hybridized carbons (Fsp3) is 0.238. The summed E-state index contributed by atoms with van der Waals surface area (Å²) in [6, 6.07) is 13.5. The molecule has 0 saturated carbocycles. The van der Waals surface area contributed by atoms with Crippen molar-refractivity contribution in [3.8, 4) is 11.3 Å². The minimum Gasteiger partial charge on any atom is -0.379 e. The second-order valence-corrected chi connectivity index (χ2v) is 8.41. The Morgan fingerprint density at radius 1 is 1.23 bits per heavy atom. The summed E-state index contributed by atoms with van der Waals surface area (Å²) in [5.74, 6) is -0.542. The molecule has 8 nitrogen and oxygen atoms in total. The first-order valence-electron chi connectivity index (χ1n) is 9.62. The highest BCUT2D eigenvalue weighted by Gasteiger charge is 2.21. The van der Waals surface area contributed by atoms with Crippen molar-refractivity contribution in [2.24, 2.45) is 0 Å². The second-order valence-electron chi connectivity index (χ2n) is 6.92. The largest absolute Gasteiger partial charge is 0.379 e. The lowest BCUT2D eigenvalue weighted by molar-refractivity contribution is -0.384. The van der Waals surface area contributed by atoms with Crippen LogP contribution in [-0.2, 0) is 11.3 Å². The number of rotatable bonds is 6. The number of nitrogens with zero attached hydrogens (tertiary/aromatic N) is 3.